The number of rotatable bonds is 7. The number of benzene rings is 2. The summed E-state index contributed by atoms with van der Waals surface area (Å²) in [6.45, 7) is 2.30. The molecule has 0 radical (unpaired) electrons. The minimum absolute atomic E-state index is 0.0639. The maximum Gasteiger partial charge on any atom is 0.326 e. The van der Waals surface area contributed by atoms with Crippen LogP contribution in [-0.4, -0.2) is 24.5 Å². The number of carbonyl (C=O) groups is 3. The first kappa shape index (κ1) is 20.4. The van der Waals surface area contributed by atoms with E-state index in [1.54, 1.807) is 24.3 Å². The fourth-order valence-corrected chi connectivity index (χ4v) is 3.24. The van der Waals surface area contributed by atoms with Crippen molar-refractivity contribution < 1.29 is 29.0 Å². The van der Waals surface area contributed by atoms with Crippen LogP contribution in [0.1, 0.15) is 28.4 Å². The molecule has 2 N–H and O–H groups in total. The quantitative estimate of drug-likeness (QED) is 0.482. The maximum atomic E-state index is 11.7. The minimum atomic E-state index is -1.26. The standard InChI is InChI=1S/C20H17BrN2O6/c1-2-28-16-9-12(8-15-18(24)23-20(27)22-15)7-14(21)17(16)29-10-11-4-3-5-13(6-11)19(25)26/h3-9H,2,10H2,1H3,(H,25,26)(H2,22,23,24,27)/p-1/b15-8-. The number of ether oxygens (including phenoxy) is 2. The molecule has 8 nitrogen and oxygen atoms in total. The highest BCUT2D eigenvalue weighted by molar-refractivity contribution is 9.10. The molecule has 1 heterocycles. The van der Waals surface area contributed by atoms with E-state index in [9.17, 15) is 19.5 Å². The lowest BCUT2D eigenvalue weighted by Crippen LogP contribution is -2.22. The van der Waals surface area contributed by atoms with Gasteiger partial charge in [-0.05, 0) is 63.8 Å². The Bertz CT molecular complexity index is 1020. The van der Waals surface area contributed by atoms with Crippen LogP contribution in [0.5, 0.6) is 11.5 Å². The average molecular weight is 460 g/mol. The highest BCUT2D eigenvalue weighted by Gasteiger charge is 2.23. The molecule has 3 amide bonds. The summed E-state index contributed by atoms with van der Waals surface area (Å²) >= 11 is 3.43. The van der Waals surface area contributed by atoms with Crippen LogP contribution in [0.3, 0.4) is 0 Å². The summed E-state index contributed by atoms with van der Waals surface area (Å²) in [6.07, 6.45) is 1.51. The number of halogens is 1. The number of imide groups is 1. The van der Waals surface area contributed by atoms with Gasteiger partial charge in [0.1, 0.15) is 12.3 Å². The summed E-state index contributed by atoms with van der Waals surface area (Å²) in [6, 6.07) is 9.07. The van der Waals surface area contributed by atoms with Crippen molar-refractivity contribution in [1.82, 2.24) is 10.6 Å². The largest absolute Gasteiger partial charge is 0.545 e. The van der Waals surface area contributed by atoms with E-state index >= 15 is 0 Å². The van der Waals surface area contributed by atoms with E-state index in [1.165, 1.54) is 18.2 Å². The Labute approximate surface area is 174 Å². The average Bonchev–Trinajstić information content (AvgIpc) is 2.98. The van der Waals surface area contributed by atoms with Gasteiger partial charge in [-0.2, -0.15) is 0 Å². The van der Waals surface area contributed by atoms with Gasteiger partial charge in [0.05, 0.1) is 17.0 Å². The fraction of sp³-hybridized carbons (Fsp3) is 0.150. The molecule has 0 bridgehead atoms. The third-order valence-electron chi connectivity index (χ3n) is 3.91. The van der Waals surface area contributed by atoms with Crippen molar-refractivity contribution in [3.8, 4) is 11.5 Å². The Balaban J connectivity index is 1.86. The van der Waals surface area contributed by atoms with Gasteiger partial charge in [0.25, 0.3) is 5.91 Å². The molecular formula is C20H16BrN2O6-. The highest BCUT2D eigenvalue weighted by atomic mass is 79.9. The molecule has 1 saturated heterocycles. The smallest absolute Gasteiger partial charge is 0.326 e. The third-order valence-corrected chi connectivity index (χ3v) is 4.50. The number of hydrogen-bond donors (Lipinski definition) is 2. The van der Waals surface area contributed by atoms with Gasteiger partial charge in [0.15, 0.2) is 11.5 Å². The first-order chi connectivity index (χ1) is 13.9. The second-order valence-electron chi connectivity index (χ2n) is 6.01. The van der Waals surface area contributed by atoms with Gasteiger partial charge >= 0.3 is 6.03 Å². The summed E-state index contributed by atoms with van der Waals surface area (Å²) in [5, 5.41) is 15.6. The van der Waals surface area contributed by atoms with Crippen molar-refractivity contribution >= 4 is 39.9 Å². The number of nitrogens with one attached hydrogen (secondary N) is 2. The molecule has 150 valence electrons. The molecule has 0 saturated carbocycles. The number of carboxylic acid groups (broad SMARTS) is 1. The predicted octanol–water partition coefficient (Wildman–Crippen LogP) is 1.97. The second-order valence-corrected chi connectivity index (χ2v) is 6.86. The minimum Gasteiger partial charge on any atom is -0.545 e. The zero-order valence-corrected chi connectivity index (χ0v) is 16.9. The van der Waals surface area contributed by atoms with Crippen molar-refractivity contribution in [3.05, 3.63) is 63.3 Å². The number of amides is 3. The third kappa shape index (κ3) is 4.94. The first-order valence-corrected chi connectivity index (χ1v) is 9.40. The Morgan fingerprint density at radius 2 is 1.97 bits per heavy atom. The van der Waals surface area contributed by atoms with E-state index in [-0.39, 0.29) is 17.9 Å². The van der Waals surface area contributed by atoms with Crippen LogP contribution in [0.4, 0.5) is 4.79 Å². The number of carboxylic acids is 1. The van der Waals surface area contributed by atoms with E-state index in [0.29, 0.717) is 33.7 Å². The van der Waals surface area contributed by atoms with Crippen LogP contribution >= 0.6 is 15.9 Å². The summed E-state index contributed by atoms with van der Waals surface area (Å²) in [5.74, 6) is -0.928. The second kappa shape index (κ2) is 8.78. The molecule has 1 aliphatic heterocycles. The molecule has 0 spiro atoms. The van der Waals surface area contributed by atoms with Crippen molar-refractivity contribution in [3.63, 3.8) is 0 Å². The van der Waals surface area contributed by atoms with Crippen LogP contribution in [0.15, 0.2) is 46.6 Å². The number of aromatic carboxylic acids is 1. The van der Waals surface area contributed by atoms with Gasteiger partial charge < -0.3 is 24.7 Å². The van der Waals surface area contributed by atoms with E-state index in [2.05, 4.69) is 26.6 Å². The molecule has 1 aliphatic rings. The van der Waals surface area contributed by atoms with Crippen LogP contribution in [0.25, 0.3) is 6.08 Å². The van der Waals surface area contributed by atoms with Gasteiger partial charge in [-0.1, -0.05) is 18.2 Å². The predicted molar refractivity (Wildman–Crippen MR) is 105 cm³/mol. The van der Waals surface area contributed by atoms with Crippen LogP contribution in [0.2, 0.25) is 0 Å². The van der Waals surface area contributed by atoms with E-state index in [1.807, 2.05) is 6.92 Å². The van der Waals surface area contributed by atoms with Crippen molar-refractivity contribution in [2.24, 2.45) is 0 Å². The Morgan fingerprint density at radius 1 is 1.17 bits per heavy atom. The Kier molecular flexibility index (Phi) is 6.18. The highest BCUT2D eigenvalue weighted by Crippen LogP contribution is 2.38. The van der Waals surface area contributed by atoms with E-state index in [4.69, 9.17) is 9.47 Å². The molecule has 0 aromatic heterocycles. The molecular weight excluding hydrogens is 444 g/mol. The molecule has 0 unspecified atom stereocenters. The Morgan fingerprint density at radius 3 is 2.62 bits per heavy atom. The zero-order chi connectivity index (χ0) is 21.0. The van der Waals surface area contributed by atoms with Gasteiger partial charge in [-0.3, -0.25) is 10.1 Å². The van der Waals surface area contributed by atoms with Crippen LogP contribution < -0.4 is 25.2 Å². The maximum absolute atomic E-state index is 11.7. The van der Waals surface area contributed by atoms with Crippen molar-refractivity contribution in [1.29, 1.82) is 0 Å². The lowest BCUT2D eigenvalue weighted by Gasteiger charge is -2.15. The van der Waals surface area contributed by atoms with E-state index < -0.39 is 17.9 Å². The number of hydrogen-bond acceptors (Lipinski definition) is 6. The Hall–Kier alpha value is -3.33. The molecule has 1 fully saturated rings. The molecule has 9 heteroatoms. The molecule has 2 aromatic carbocycles. The first-order valence-electron chi connectivity index (χ1n) is 8.61. The summed E-state index contributed by atoms with van der Waals surface area (Å²) in [4.78, 5) is 34.0. The summed E-state index contributed by atoms with van der Waals surface area (Å²) in [7, 11) is 0. The monoisotopic (exact) mass is 459 g/mol. The summed E-state index contributed by atoms with van der Waals surface area (Å²) < 4.78 is 12.1. The lowest BCUT2D eigenvalue weighted by atomic mass is 10.1. The van der Waals surface area contributed by atoms with Crippen LogP contribution in [-0.2, 0) is 11.4 Å². The number of urea groups is 1. The van der Waals surface area contributed by atoms with Gasteiger partial charge in [-0.25, -0.2) is 4.79 Å². The van der Waals surface area contributed by atoms with Crippen molar-refractivity contribution in [2.75, 3.05) is 6.61 Å². The molecule has 29 heavy (non-hydrogen) atoms. The number of carbonyl (C=O) groups excluding carboxylic acids is 3. The lowest BCUT2D eigenvalue weighted by molar-refractivity contribution is -0.255. The van der Waals surface area contributed by atoms with Crippen molar-refractivity contribution in [2.45, 2.75) is 13.5 Å². The molecule has 3 rings (SSSR count). The molecule has 0 atom stereocenters. The van der Waals surface area contributed by atoms with Crippen LogP contribution in [0, 0.1) is 0 Å². The fourth-order valence-electron chi connectivity index (χ4n) is 2.67. The van der Waals surface area contributed by atoms with Gasteiger partial charge in [0, 0.05) is 0 Å². The SMILES string of the molecule is CCOc1cc(/C=C2\NC(=O)NC2=O)cc(Br)c1OCc1cccc(C(=O)[O-])c1. The summed E-state index contributed by atoms with van der Waals surface area (Å²) in [5.41, 5.74) is 1.45. The molecule has 0 aliphatic carbocycles. The topological polar surface area (TPSA) is 117 Å². The molecule has 2 aromatic rings. The van der Waals surface area contributed by atoms with E-state index in [0.717, 1.165) is 0 Å². The van der Waals surface area contributed by atoms with Gasteiger partial charge in [-0.15, -0.1) is 0 Å². The van der Waals surface area contributed by atoms with Gasteiger partial charge in [0.2, 0.25) is 0 Å². The normalized spacial score (nSPS) is 14.5. The zero-order valence-electron chi connectivity index (χ0n) is 15.3.